The van der Waals surface area contributed by atoms with Crippen LogP contribution in [-0.2, 0) is 17.7 Å². The monoisotopic (exact) mass is 714 g/mol. The van der Waals surface area contributed by atoms with Crippen LogP contribution in [0.4, 0.5) is 0 Å². The highest BCUT2D eigenvalue weighted by Crippen LogP contribution is 2.32. The third-order valence-electron chi connectivity index (χ3n) is 3.23. The standard InChI is InChI=1S/C16H14I4/c17-7-11-1-3-15(13(5-11)9-19)16-4-2-12(8-18)6-14(16)10-20/h1-6H,7-10H2. The molecule has 4 heteroatoms. The average molecular weight is 714 g/mol. The normalized spacial score (nSPS) is 10.8. The number of hydrogen-bond acceptors (Lipinski definition) is 0. The number of hydrogen-bond donors (Lipinski definition) is 0. The van der Waals surface area contributed by atoms with Crippen molar-refractivity contribution < 1.29 is 0 Å². The summed E-state index contributed by atoms with van der Waals surface area (Å²) >= 11 is 9.81. The van der Waals surface area contributed by atoms with Crippen LogP contribution in [0, 0.1) is 0 Å². The highest BCUT2D eigenvalue weighted by Gasteiger charge is 2.10. The van der Waals surface area contributed by atoms with Crippen LogP contribution in [0.25, 0.3) is 11.1 Å². The zero-order chi connectivity index (χ0) is 14.5. The van der Waals surface area contributed by atoms with Gasteiger partial charge in [-0.25, -0.2) is 0 Å². The van der Waals surface area contributed by atoms with Gasteiger partial charge in [-0.1, -0.05) is 127 Å². The molecule has 0 radical (unpaired) electrons. The van der Waals surface area contributed by atoms with Gasteiger partial charge in [0.1, 0.15) is 0 Å². The van der Waals surface area contributed by atoms with E-state index < -0.39 is 0 Å². The predicted molar refractivity (Wildman–Crippen MR) is 123 cm³/mol. The highest BCUT2D eigenvalue weighted by molar-refractivity contribution is 14.1. The maximum absolute atomic E-state index is 2.47. The molecule has 20 heavy (non-hydrogen) atoms. The second-order valence-electron chi connectivity index (χ2n) is 4.52. The molecule has 0 saturated heterocycles. The highest BCUT2D eigenvalue weighted by atomic mass is 127. The lowest BCUT2D eigenvalue weighted by Crippen LogP contribution is -1.94. The molecule has 0 N–H and O–H groups in total. The van der Waals surface area contributed by atoms with Gasteiger partial charge in [-0.3, -0.25) is 0 Å². The van der Waals surface area contributed by atoms with Gasteiger partial charge in [0.25, 0.3) is 0 Å². The Morgan fingerprint density at radius 3 is 1.25 bits per heavy atom. The molecule has 2 aromatic rings. The summed E-state index contributed by atoms with van der Waals surface area (Å²) in [6, 6.07) is 13.9. The molecule has 2 rings (SSSR count). The van der Waals surface area contributed by atoms with E-state index in [4.69, 9.17) is 0 Å². The minimum atomic E-state index is 1.06. The number of rotatable bonds is 5. The van der Waals surface area contributed by atoms with Crippen molar-refractivity contribution in [2.75, 3.05) is 0 Å². The van der Waals surface area contributed by atoms with Crippen LogP contribution in [0.5, 0.6) is 0 Å². The maximum atomic E-state index is 2.47. The van der Waals surface area contributed by atoms with E-state index in [9.17, 15) is 0 Å². The molecular formula is C16H14I4. The summed E-state index contributed by atoms with van der Waals surface area (Å²) in [7, 11) is 0. The van der Waals surface area contributed by atoms with Gasteiger partial charge in [-0.15, -0.1) is 0 Å². The Labute approximate surface area is 175 Å². The fourth-order valence-electron chi connectivity index (χ4n) is 2.21. The van der Waals surface area contributed by atoms with E-state index >= 15 is 0 Å². The molecule has 0 aliphatic carbocycles. The maximum Gasteiger partial charge on any atom is 0.0253 e. The van der Waals surface area contributed by atoms with E-state index in [-0.39, 0.29) is 0 Å². The molecule has 0 nitrogen and oxygen atoms in total. The first-order valence-corrected chi connectivity index (χ1v) is 12.3. The molecule has 0 atom stereocenters. The molecule has 0 spiro atoms. The topological polar surface area (TPSA) is 0 Å². The van der Waals surface area contributed by atoms with Gasteiger partial charge in [0, 0.05) is 17.7 Å². The third-order valence-corrected chi connectivity index (χ3v) is 6.63. The molecule has 2 aromatic carbocycles. The van der Waals surface area contributed by atoms with Gasteiger partial charge in [-0.05, 0) is 33.4 Å². The van der Waals surface area contributed by atoms with Crippen molar-refractivity contribution in [3.63, 3.8) is 0 Å². The molecule has 0 aromatic heterocycles. The van der Waals surface area contributed by atoms with Crippen molar-refractivity contribution in [3.05, 3.63) is 58.7 Å². The van der Waals surface area contributed by atoms with Gasteiger partial charge >= 0.3 is 0 Å². The first-order valence-electron chi connectivity index (χ1n) is 6.21. The Kier molecular flexibility index (Phi) is 7.84. The Bertz CT molecular complexity index is 540. The summed E-state index contributed by atoms with van der Waals surface area (Å²) in [5, 5.41) is 0. The second kappa shape index (κ2) is 8.85. The van der Waals surface area contributed by atoms with E-state index in [1.54, 1.807) is 0 Å². The molecule has 0 aliphatic heterocycles. The fraction of sp³-hybridized carbons (Fsp3) is 0.250. The van der Waals surface area contributed by atoms with Crippen molar-refractivity contribution in [3.8, 4) is 11.1 Å². The van der Waals surface area contributed by atoms with Crippen LogP contribution < -0.4 is 0 Å². The summed E-state index contributed by atoms with van der Waals surface area (Å²) in [4.78, 5) is 0. The van der Waals surface area contributed by atoms with E-state index in [2.05, 4.69) is 127 Å². The molecule has 0 unspecified atom stereocenters. The Hall–Kier alpha value is 1.36. The summed E-state index contributed by atoms with van der Waals surface area (Å²) in [6.45, 7) is 0. The molecular weight excluding hydrogens is 700 g/mol. The molecule has 106 valence electrons. The summed E-state index contributed by atoms with van der Waals surface area (Å²) in [5.74, 6) is 0. The van der Waals surface area contributed by atoms with Crippen molar-refractivity contribution >= 4 is 90.4 Å². The van der Waals surface area contributed by atoms with Gasteiger partial charge in [-0.2, -0.15) is 0 Å². The van der Waals surface area contributed by atoms with Crippen molar-refractivity contribution in [2.45, 2.75) is 17.7 Å². The van der Waals surface area contributed by atoms with E-state index in [0.29, 0.717) is 0 Å². The third kappa shape index (κ3) is 4.21. The van der Waals surface area contributed by atoms with Crippen LogP contribution in [0.1, 0.15) is 22.3 Å². The predicted octanol–water partition coefficient (Wildman–Crippen LogP) is 7.09. The second-order valence-corrected chi connectivity index (χ2v) is 7.57. The fourth-order valence-corrected chi connectivity index (χ4v) is 4.42. The van der Waals surface area contributed by atoms with Crippen LogP contribution in [0.3, 0.4) is 0 Å². The van der Waals surface area contributed by atoms with Crippen LogP contribution in [0.15, 0.2) is 36.4 Å². The molecule has 0 fully saturated rings. The summed E-state index contributed by atoms with van der Waals surface area (Å²) in [5.41, 5.74) is 8.54. The minimum Gasteiger partial charge on any atom is -0.0812 e. The van der Waals surface area contributed by atoms with Crippen molar-refractivity contribution in [1.82, 2.24) is 0 Å². The van der Waals surface area contributed by atoms with E-state index in [1.165, 1.54) is 33.4 Å². The van der Waals surface area contributed by atoms with Crippen LogP contribution >= 0.6 is 90.4 Å². The van der Waals surface area contributed by atoms with Gasteiger partial charge < -0.3 is 0 Å². The Balaban J connectivity index is 2.55. The van der Waals surface area contributed by atoms with E-state index in [1.807, 2.05) is 0 Å². The molecule has 0 amide bonds. The SMILES string of the molecule is ICc1ccc(-c2ccc(CI)cc2CI)c(CI)c1. The number of halogens is 4. The zero-order valence-corrected chi connectivity index (χ0v) is 19.4. The molecule has 0 aliphatic rings. The zero-order valence-electron chi connectivity index (χ0n) is 10.8. The van der Waals surface area contributed by atoms with Gasteiger partial charge in [0.05, 0.1) is 0 Å². The van der Waals surface area contributed by atoms with Gasteiger partial charge in [0.2, 0.25) is 0 Å². The molecule has 0 saturated carbocycles. The quantitative estimate of drug-likeness (QED) is 0.230. The van der Waals surface area contributed by atoms with Crippen LogP contribution in [-0.4, -0.2) is 0 Å². The van der Waals surface area contributed by atoms with Crippen LogP contribution in [0.2, 0.25) is 0 Å². The Morgan fingerprint density at radius 1 is 0.550 bits per heavy atom. The Morgan fingerprint density at radius 2 is 0.950 bits per heavy atom. The summed E-state index contributed by atoms with van der Waals surface area (Å²) in [6.07, 6.45) is 0. The first kappa shape index (κ1) is 17.7. The largest absolute Gasteiger partial charge is 0.0812 e. The number of alkyl halides is 4. The molecule has 0 heterocycles. The average Bonchev–Trinajstić information content (AvgIpc) is 2.53. The lowest BCUT2D eigenvalue weighted by Gasteiger charge is -2.14. The smallest absolute Gasteiger partial charge is 0.0253 e. The number of benzene rings is 2. The lowest BCUT2D eigenvalue weighted by molar-refractivity contribution is 1.33. The minimum absolute atomic E-state index is 1.06. The lowest BCUT2D eigenvalue weighted by atomic mass is 9.94. The van der Waals surface area contributed by atoms with Gasteiger partial charge in [0.15, 0.2) is 0 Å². The van der Waals surface area contributed by atoms with E-state index in [0.717, 1.165) is 17.7 Å². The van der Waals surface area contributed by atoms with Crippen molar-refractivity contribution in [1.29, 1.82) is 0 Å². The van der Waals surface area contributed by atoms with Crippen molar-refractivity contribution in [2.24, 2.45) is 0 Å². The first-order chi connectivity index (χ1) is 9.73. The molecule has 0 bridgehead atoms. The summed E-state index contributed by atoms with van der Waals surface area (Å²) < 4.78 is 4.28.